The summed E-state index contributed by atoms with van der Waals surface area (Å²) in [4.78, 5) is 31.6. The van der Waals surface area contributed by atoms with Crippen molar-refractivity contribution in [3.05, 3.63) is 66.2 Å². The summed E-state index contributed by atoms with van der Waals surface area (Å²) in [6.45, 7) is 6.95. The number of hydrogen-bond acceptors (Lipinski definition) is 5. The Balaban J connectivity index is 1.30. The van der Waals surface area contributed by atoms with Crippen LogP contribution in [0, 0.1) is 0 Å². The Labute approximate surface area is 190 Å². The van der Waals surface area contributed by atoms with Crippen LogP contribution in [0.15, 0.2) is 60.7 Å². The zero-order valence-corrected chi connectivity index (χ0v) is 18.7. The quantitative estimate of drug-likeness (QED) is 0.597. The molecule has 4 rings (SSSR count). The average molecular weight is 434 g/mol. The van der Waals surface area contributed by atoms with Crippen LogP contribution in [0.4, 0.5) is 5.69 Å². The van der Waals surface area contributed by atoms with Crippen molar-refractivity contribution in [3.8, 4) is 5.75 Å². The van der Waals surface area contributed by atoms with Crippen LogP contribution >= 0.6 is 0 Å². The van der Waals surface area contributed by atoms with E-state index >= 15 is 0 Å². The number of amides is 2. The number of hydrogen-bond donors (Lipinski definition) is 0. The molecular weight excluding hydrogens is 402 g/mol. The van der Waals surface area contributed by atoms with Gasteiger partial charge in [0.25, 0.3) is 5.91 Å². The maximum absolute atomic E-state index is 13.1. The summed E-state index contributed by atoms with van der Waals surface area (Å²) >= 11 is 0. The second-order valence-electron chi connectivity index (χ2n) is 8.28. The lowest BCUT2D eigenvalue weighted by Crippen LogP contribution is -2.52. The van der Waals surface area contributed by atoms with Gasteiger partial charge in [0.1, 0.15) is 5.75 Å². The van der Waals surface area contributed by atoms with Gasteiger partial charge in [-0.3, -0.25) is 19.4 Å². The smallest absolute Gasteiger partial charge is 0.251 e. The van der Waals surface area contributed by atoms with Gasteiger partial charge in [-0.25, -0.2) is 4.90 Å². The minimum absolute atomic E-state index is 0.116. The molecule has 2 heterocycles. The SMILES string of the molecule is CCCOc1ccc(N2C(=O)CC(N3CCN(C/C=C/c4ccccc4)CC3)C2=O)cc1. The van der Waals surface area contributed by atoms with Crippen molar-refractivity contribution in [2.75, 3.05) is 44.2 Å². The van der Waals surface area contributed by atoms with E-state index in [1.54, 1.807) is 12.1 Å². The van der Waals surface area contributed by atoms with Crippen LogP contribution < -0.4 is 9.64 Å². The predicted molar refractivity (Wildman–Crippen MR) is 127 cm³/mol. The van der Waals surface area contributed by atoms with E-state index in [1.165, 1.54) is 10.5 Å². The molecule has 0 spiro atoms. The van der Waals surface area contributed by atoms with Crippen molar-refractivity contribution in [1.82, 2.24) is 9.80 Å². The highest BCUT2D eigenvalue weighted by Crippen LogP contribution is 2.28. The topological polar surface area (TPSA) is 53.1 Å². The van der Waals surface area contributed by atoms with Gasteiger partial charge in [0.2, 0.25) is 5.91 Å². The minimum atomic E-state index is -0.361. The van der Waals surface area contributed by atoms with Crippen LogP contribution in [0.25, 0.3) is 6.08 Å². The molecule has 2 fully saturated rings. The molecule has 1 unspecified atom stereocenters. The number of carbonyl (C=O) groups excluding carboxylic acids is 2. The zero-order valence-electron chi connectivity index (χ0n) is 18.7. The molecule has 1 atom stereocenters. The Morgan fingerprint density at radius 1 is 0.969 bits per heavy atom. The van der Waals surface area contributed by atoms with Gasteiger partial charge >= 0.3 is 0 Å². The molecule has 6 heteroatoms. The lowest BCUT2D eigenvalue weighted by molar-refractivity contribution is -0.123. The third-order valence-corrected chi connectivity index (χ3v) is 6.01. The van der Waals surface area contributed by atoms with Gasteiger partial charge in [0.05, 0.1) is 24.8 Å². The monoisotopic (exact) mass is 433 g/mol. The summed E-state index contributed by atoms with van der Waals surface area (Å²) in [5, 5.41) is 0. The number of nitrogens with zero attached hydrogens (tertiary/aromatic N) is 3. The Kier molecular flexibility index (Phi) is 7.35. The summed E-state index contributed by atoms with van der Waals surface area (Å²) < 4.78 is 5.60. The predicted octanol–water partition coefficient (Wildman–Crippen LogP) is 3.44. The molecule has 0 radical (unpaired) electrons. The highest BCUT2D eigenvalue weighted by Gasteiger charge is 2.43. The molecule has 168 valence electrons. The first-order valence-corrected chi connectivity index (χ1v) is 11.4. The van der Waals surface area contributed by atoms with Crippen molar-refractivity contribution in [2.24, 2.45) is 0 Å². The molecule has 0 saturated carbocycles. The fraction of sp³-hybridized carbons (Fsp3) is 0.385. The van der Waals surface area contributed by atoms with E-state index in [-0.39, 0.29) is 24.3 Å². The molecule has 2 aromatic rings. The molecule has 0 bridgehead atoms. The molecule has 0 N–H and O–H groups in total. The Bertz CT molecular complexity index is 935. The van der Waals surface area contributed by atoms with Crippen LogP contribution in [0.3, 0.4) is 0 Å². The van der Waals surface area contributed by atoms with Crippen molar-refractivity contribution in [2.45, 2.75) is 25.8 Å². The van der Waals surface area contributed by atoms with Crippen molar-refractivity contribution in [3.63, 3.8) is 0 Å². The largest absolute Gasteiger partial charge is 0.494 e. The molecule has 32 heavy (non-hydrogen) atoms. The van der Waals surface area contributed by atoms with E-state index < -0.39 is 0 Å². The molecule has 0 aliphatic carbocycles. The number of anilines is 1. The first kappa shape index (κ1) is 22.2. The number of imide groups is 1. The second kappa shape index (κ2) is 10.6. The van der Waals surface area contributed by atoms with Gasteiger partial charge in [-0.15, -0.1) is 0 Å². The van der Waals surface area contributed by atoms with E-state index in [1.807, 2.05) is 30.3 Å². The van der Waals surface area contributed by atoms with Gasteiger partial charge in [-0.2, -0.15) is 0 Å². The molecule has 2 saturated heterocycles. The average Bonchev–Trinajstić information content (AvgIpc) is 3.13. The van der Waals surface area contributed by atoms with Crippen molar-refractivity contribution < 1.29 is 14.3 Å². The Hall–Kier alpha value is -2.96. The van der Waals surface area contributed by atoms with Crippen molar-refractivity contribution in [1.29, 1.82) is 0 Å². The number of carbonyl (C=O) groups is 2. The summed E-state index contributed by atoms with van der Waals surface area (Å²) in [5.74, 6) is 0.508. The van der Waals surface area contributed by atoms with E-state index in [2.05, 4.69) is 41.0 Å². The van der Waals surface area contributed by atoms with Crippen LogP contribution in [0.2, 0.25) is 0 Å². The second-order valence-corrected chi connectivity index (χ2v) is 8.28. The number of piperazine rings is 1. The summed E-state index contributed by atoms with van der Waals surface area (Å²) in [6, 6.07) is 17.1. The van der Waals surface area contributed by atoms with Gasteiger partial charge < -0.3 is 4.74 Å². The first-order chi connectivity index (χ1) is 15.7. The first-order valence-electron chi connectivity index (χ1n) is 11.4. The van der Waals surface area contributed by atoms with Gasteiger partial charge in [-0.1, -0.05) is 49.4 Å². The standard InChI is InChI=1S/C26H31N3O3/c1-2-19-32-23-12-10-22(11-13-23)29-25(30)20-24(26(29)31)28-17-15-27(16-18-28)14-6-9-21-7-4-3-5-8-21/h3-13,24H,2,14-20H2,1H3/b9-6+. The fourth-order valence-electron chi connectivity index (χ4n) is 4.24. The van der Waals surface area contributed by atoms with E-state index in [0.29, 0.717) is 12.3 Å². The van der Waals surface area contributed by atoms with Crippen LogP contribution in [-0.2, 0) is 9.59 Å². The zero-order chi connectivity index (χ0) is 22.3. The molecule has 2 aliphatic rings. The maximum atomic E-state index is 13.1. The normalized spacial score (nSPS) is 20.4. The molecule has 2 amide bonds. The number of rotatable bonds is 8. The molecular formula is C26H31N3O3. The maximum Gasteiger partial charge on any atom is 0.251 e. The van der Waals surface area contributed by atoms with Gasteiger partial charge in [0, 0.05) is 32.7 Å². The molecule has 2 aromatic carbocycles. The highest BCUT2D eigenvalue weighted by atomic mass is 16.5. The molecule has 6 nitrogen and oxygen atoms in total. The van der Waals surface area contributed by atoms with E-state index in [0.717, 1.165) is 44.9 Å². The van der Waals surface area contributed by atoms with Crippen LogP contribution in [0.1, 0.15) is 25.3 Å². The summed E-state index contributed by atoms with van der Waals surface area (Å²) in [7, 11) is 0. The van der Waals surface area contributed by atoms with Crippen molar-refractivity contribution >= 4 is 23.6 Å². The number of ether oxygens (including phenoxy) is 1. The molecule has 2 aliphatic heterocycles. The van der Waals surface area contributed by atoms with Crippen LogP contribution in [0.5, 0.6) is 5.75 Å². The van der Waals surface area contributed by atoms with Gasteiger partial charge in [0.15, 0.2) is 0 Å². The Morgan fingerprint density at radius 3 is 2.38 bits per heavy atom. The lowest BCUT2D eigenvalue weighted by atomic mass is 10.1. The highest BCUT2D eigenvalue weighted by molar-refractivity contribution is 6.22. The van der Waals surface area contributed by atoms with Crippen LogP contribution in [-0.4, -0.2) is 67.0 Å². The molecule has 0 aromatic heterocycles. The van der Waals surface area contributed by atoms with E-state index in [4.69, 9.17) is 4.74 Å². The fourth-order valence-corrected chi connectivity index (χ4v) is 4.24. The summed E-state index contributed by atoms with van der Waals surface area (Å²) in [6.07, 6.45) is 5.51. The number of benzene rings is 2. The third-order valence-electron chi connectivity index (χ3n) is 6.01. The van der Waals surface area contributed by atoms with E-state index in [9.17, 15) is 9.59 Å². The lowest BCUT2D eigenvalue weighted by Gasteiger charge is -2.36. The van der Waals surface area contributed by atoms with Gasteiger partial charge in [-0.05, 0) is 36.2 Å². The summed E-state index contributed by atoms with van der Waals surface area (Å²) in [5.41, 5.74) is 1.82. The Morgan fingerprint density at radius 2 is 1.69 bits per heavy atom. The minimum Gasteiger partial charge on any atom is -0.494 e. The third kappa shape index (κ3) is 5.26.